The van der Waals surface area contributed by atoms with E-state index in [4.69, 9.17) is 28.5 Å². The van der Waals surface area contributed by atoms with E-state index in [1.807, 2.05) is 0 Å². The molecule has 0 saturated carbocycles. The van der Waals surface area contributed by atoms with Crippen LogP contribution in [-0.2, 0) is 15.9 Å². The van der Waals surface area contributed by atoms with E-state index in [1.54, 1.807) is 6.07 Å². The van der Waals surface area contributed by atoms with Crippen molar-refractivity contribution in [2.24, 2.45) is 4.36 Å². The smallest absolute Gasteiger partial charge is 0.264 e. The summed E-state index contributed by atoms with van der Waals surface area (Å²) in [6.45, 7) is 0. The molecule has 1 aromatic heterocycles. The molecule has 7 nitrogen and oxygen atoms in total. The molecule has 2 aromatic carbocycles. The molecule has 0 N–H and O–H groups in total. The van der Waals surface area contributed by atoms with Crippen molar-refractivity contribution in [3.8, 4) is 11.8 Å². The number of amides is 1. The van der Waals surface area contributed by atoms with Crippen LogP contribution in [0.15, 0.2) is 45.7 Å². The molecule has 32 heavy (non-hydrogen) atoms. The number of benzene rings is 2. The minimum atomic E-state index is -5.22. The molecule has 1 heterocycles. The Bertz CT molecular complexity index is 1410. The lowest BCUT2D eigenvalue weighted by molar-refractivity contribution is -0.143. The Kier molecular flexibility index (Phi) is 6.28. The first-order chi connectivity index (χ1) is 14.8. The fraction of sp³-hybridized carbons (Fsp3) is 0.111. The van der Waals surface area contributed by atoms with Crippen LogP contribution in [0.2, 0.25) is 10.0 Å². The van der Waals surface area contributed by atoms with Crippen molar-refractivity contribution in [1.82, 2.24) is 15.0 Å². The molecule has 0 radical (unpaired) electrons. The van der Waals surface area contributed by atoms with Crippen molar-refractivity contribution in [2.75, 3.05) is 6.26 Å². The molecule has 0 aliphatic rings. The summed E-state index contributed by atoms with van der Waals surface area (Å²) in [7, 11) is -3.64. The molecule has 1 unspecified atom stereocenters. The number of aromatic nitrogens is 3. The van der Waals surface area contributed by atoms with Gasteiger partial charge < -0.3 is 0 Å². The summed E-state index contributed by atoms with van der Waals surface area (Å²) in [5.74, 6) is -2.82. The van der Waals surface area contributed by atoms with Crippen LogP contribution >= 0.6 is 23.2 Å². The molecule has 166 valence electrons. The molecule has 0 aliphatic carbocycles. The van der Waals surface area contributed by atoms with Crippen molar-refractivity contribution in [3.05, 3.63) is 69.2 Å². The van der Waals surface area contributed by atoms with E-state index in [9.17, 15) is 26.6 Å². The lowest BCUT2D eigenvalue weighted by Crippen LogP contribution is -2.18. The van der Waals surface area contributed by atoms with Gasteiger partial charge in [-0.25, -0.2) is 13.3 Å². The van der Waals surface area contributed by atoms with Gasteiger partial charge in [0, 0.05) is 11.3 Å². The predicted octanol–water partition coefficient (Wildman–Crippen LogP) is 4.90. The van der Waals surface area contributed by atoms with Gasteiger partial charge in [-0.1, -0.05) is 28.4 Å². The maximum atomic E-state index is 14.3. The zero-order valence-corrected chi connectivity index (χ0v) is 18.0. The minimum absolute atomic E-state index is 0.0586. The van der Waals surface area contributed by atoms with Crippen LogP contribution in [0, 0.1) is 17.1 Å². The van der Waals surface area contributed by atoms with Crippen LogP contribution in [0.1, 0.15) is 21.7 Å². The number of hydrogen-bond acceptors (Lipinski definition) is 5. The topological polar surface area (TPSA) is 101 Å². The van der Waals surface area contributed by atoms with Gasteiger partial charge in [-0.2, -0.15) is 22.8 Å². The molecule has 3 aromatic rings. The number of halogens is 6. The summed E-state index contributed by atoms with van der Waals surface area (Å²) in [6.07, 6.45) is -4.23. The van der Waals surface area contributed by atoms with E-state index < -0.39 is 44.7 Å². The van der Waals surface area contributed by atoms with Gasteiger partial charge in [-0.3, -0.25) is 4.79 Å². The first-order valence-electron chi connectivity index (χ1n) is 8.29. The van der Waals surface area contributed by atoms with Gasteiger partial charge in [-0.15, -0.1) is 5.10 Å². The van der Waals surface area contributed by atoms with Crippen LogP contribution in [0.3, 0.4) is 0 Å². The molecule has 0 aliphatic heterocycles. The number of carbonyl (C=O) groups is 1. The lowest BCUT2D eigenvalue weighted by atomic mass is 10.2. The van der Waals surface area contributed by atoms with Crippen molar-refractivity contribution in [1.29, 1.82) is 5.26 Å². The highest BCUT2D eigenvalue weighted by Crippen LogP contribution is 2.34. The van der Waals surface area contributed by atoms with Gasteiger partial charge in [0.1, 0.15) is 11.5 Å². The SMILES string of the molecule is CS(=O)(=NC(=O)c1nnn(-c2ccc(C#N)cc2F)c1C(F)(F)F)c1cc(Cl)ccc1Cl. The predicted molar refractivity (Wildman–Crippen MR) is 107 cm³/mol. The van der Waals surface area contributed by atoms with Gasteiger partial charge in [0.25, 0.3) is 0 Å². The Hall–Kier alpha value is -3.01. The lowest BCUT2D eigenvalue weighted by Gasteiger charge is -2.11. The first-order valence-corrected chi connectivity index (χ1v) is 11.0. The molecule has 1 atom stereocenters. The van der Waals surface area contributed by atoms with E-state index in [2.05, 4.69) is 14.7 Å². The molecule has 0 fully saturated rings. The number of carbonyl (C=O) groups excluding carboxylic acids is 1. The van der Waals surface area contributed by atoms with Crippen LogP contribution in [-0.4, -0.2) is 31.4 Å². The maximum absolute atomic E-state index is 14.3. The quantitative estimate of drug-likeness (QED) is 0.471. The monoisotopic (exact) mass is 505 g/mol. The van der Waals surface area contributed by atoms with E-state index in [-0.39, 0.29) is 25.2 Å². The van der Waals surface area contributed by atoms with Gasteiger partial charge in [-0.05, 0) is 36.4 Å². The fourth-order valence-electron chi connectivity index (χ4n) is 2.62. The molecule has 0 saturated heterocycles. The highest BCUT2D eigenvalue weighted by molar-refractivity contribution is 7.93. The fourth-order valence-corrected chi connectivity index (χ4v) is 4.68. The average molecular weight is 506 g/mol. The number of hydrogen-bond donors (Lipinski definition) is 0. The molecular weight excluding hydrogens is 497 g/mol. The summed E-state index contributed by atoms with van der Waals surface area (Å²) in [4.78, 5) is 12.4. The van der Waals surface area contributed by atoms with Crippen molar-refractivity contribution < 1.29 is 26.6 Å². The Morgan fingerprint density at radius 3 is 2.50 bits per heavy atom. The van der Waals surface area contributed by atoms with E-state index in [0.29, 0.717) is 6.07 Å². The molecule has 0 spiro atoms. The summed E-state index contributed by atoms with van der Waals surface area (Å²) in [6, 6.07) is 8.10. The van der Waals surface area contributed by atoms with Crippen LogP contribution in [0.5, 0.6) is 0 Å². The number of rotatable bonds is 3. The van der Waals surface area contributed by atoms with Gasteiger partial charge in [0.2, 0.25) is 0 Å². The summed E-state index contributed by atoms with van der Waals surface area (Å²) in [5.41, 5.74) is -3.88. The van der Waals surface area contributed by atoms with E-state index in [0.717, 1.165) is 24.5 Å². The largest absolute Gasteiger partial charge is 0.435 e. The standard InChI is InChI=1S/C18H9Cl2F4N5O2S/c1-32(31,14-7-10(19)3-4-11(14)20)27-17(30)15-16(18(22,23)24)29(28-26-15)13-5-2-9(8-25)6-12(13)21/h2-7H,1H3. The Morgan fingerprint density at radius 1 is 1.22 bits per heavy atom. The third-order valence-corrected chi connectivity index (χ3v) is 6.35. The van der Waals surface area contributed by atoms with Gasteiger partial charge in [0.05, 0.1) is 31.3 Å². The van der Waals surface area contributed by atoms with E-state index >= 15 is 0 Å². The zero-order chi connectivity index (χ0) is 23.8. The maximum Gasteiger partial charge on any atom is 0.435 e. The average Bonchev–Trinajstić information content (AvgIpc) is 3.15. The minimum Gasteiger partial charge on any atom is -0.264 e. The molecule has 1 amide bonds. The summed E-state index contributed by atoms with van der Waals surface area (Å²) < 4.78 is 71.9. The van der Waals surface area contributed by atoms with Crippen molar-refractivity contribution >= 4 is 38.8 Å². The van der Waals surface area contributed by atoms with E-state index in [1.165, 1.54) is 12.1 Å². The normalized spacial score (nSPS) is 13.3. The van der Waals surface area contributed by atoms with Crippen LogP contribution < -0.4 is 0 Å². The number of alkyl halides is 3. The molecule has 0 bridgehead atoms. The molecule has 3 rings (SSSR count). The molecule has 14 heteroatoms. The van der Waals surface area contributed by atoms with Gasteiger partial charge in [0.15, 0.2) is 11.4 Å². The zero-order valence-electron chi connectivity index (χ0n) is 15.7. The Labute approximate surface area is 188 Å². The second-order valence-corrected chi connectivity index (χ2v) is 9.32. The summed E-state index contributed by atoms with van der Waals surface area (Å²) in [5, 5.41) is 15.3. The van der Waals surface area contributed by atoms with Crippen LogP contribution in [0.4, 0.5) is 17.6 Å². The Morgan fingerprint density at radius 2 is 1.91 bits per heavy atom. The molecular formula is C18H9Cl2F4N5O2S. The second-order valence-electron chi connectivity index (χ2n) is 6.25. The van der Waals surface area contributed by atoms with Gasteiger partial charge >= 0.3 is 12.1 Å². The number of nitrogens with zero attached hydrogens (tertiary/aromatic N) is 5. The Balaban J connectivity index is 2.18. The second kappa shape index (κ2) is 8.50. The third kappa shape index (κ3) is 4.59. The summed E-state index contributed by atoms with van der Waals surface area (Å²) >= 11 is 11.8. The van der Waals surface area contributed by atoms with Crippen molar-refractivity contribution in [3.63, 3.8) is 0 Å². The van der Waals surface area contributed by atoms with Crippen molar-refractivity contribution in [2.45, 2.75) is 11.1 Å². The highest BCUT2D eigenvalue weighted by atomic mass is 35.5. The number of nitriles is 1. The van der Waals surface area contributed by atoms with Crippen LogP contribution in [0.25, 0.3) is 5.69 Å². The highest BCUT2D eigenvalue weighted by Gasteiger charge is 2.42. The first kappa shape index (κ1) is 23.6. The third-order valence-electron chi connectivity index (χ3n) is 4.00.